The first kappa shape index (κ1) is 19.3. The molecule has 0 saturated carbocycles. The molecule has 1 saturated heterocycles. The number of hydrogen-bond donors (Lipinski definition) is 3. The molecule has 3 aromatic rings. The Morgan fingerprint density at radius 3 is 2.53 bits per heavy atom. The predicted octanol–water partition coefficient (Wildman–Crippen LogP) is 3.97. The molecule has 1 aliphatic heterocycles. The van der Waals surface area contributed by atoms with Crippen LogP contribution >= 0.6 is 12.2 Å². The Hall–Kier alpha value is -2.68. The van der Waals surface area contributed by atoms with Gasteiger partial charge in [-0.05, 0) is 53.0 Å². The minimum atomic E-state index is -0.539. The van der Waals surface area contributed by atoms with Crippen LogP contribution < -0.4 is 0 Å². The standard InChI is InChI=1S/C22H23N3O4S/c1-12(2)16-8-17(19(27)9-18(16)26)20-23-24-21(30)25(20)15-4-3-13-10-22(11-14(13)7-15)28-5-6-29-22/h3-4,7-9,12,26-27H,5-6,10-11H2,1-2H3,(H,24,30). The van der Waals surface area contributed by atoms with Crippen molar-refractivity contribution in [3.63, 3.8) is 0 Å². The Balaban J connectivity index is 1.60. The van der Waals surface area contributed by atoms with E-state index in [1.807, 2.05) is 19.9 Å². The molecule has 30 heavy (non-hydrogen) atoms. The third kappa shape index (κ3) is 3.03. The smallest absolute Gasteiger partial charge is 0.200 e. The van der Waals surface area contributed by atoms with Crippen LogP contribution in [0.5, 0.6) is 11.5 Å². The molecule has 0 radical (unpaired) electrons. The van der Waals surface area contributed by atoms with E-state index in [2.05, 4.69) is 22.3 Å². The highest BCUT2D eigenvalue weighted by Gasteiger charge is 2.42. The van der Waals surface area contributed by atoms with Crippen LogP contribution in [0, 0.1) is 4.77 Å². The topological polar surface area (TPSA) is 92.5 Å². The highest BCUT2D eigenvalue weighted by Crippen LogP contribution is 2.40. The number of ether oxygens (including phenoxy) is 2. The summed E-state index contributed by atoms with van der Waals surface area (Å²) in [5, 5.41) is 27.9. The fourth-order valence-corrected chi connectivity index (χ4v) is 4.62. The third-order valence-corrected chi connectivity index (χ3v) is 6.14. The number of nitrogens with one attached hydrogen (secondary N) is 1. The number of H-pyrrole nitrogens is 1. The number of hydrogen-bond acceptors (Lipinski definition) is 6. The Labute approximate surface area is 178 Å². The molecule has 1 aliphatic carbocycles. The second-order valence-electron chi connectivity index (χ2n) is 8.18. The molecule has 1 aromatic heterocycles. The number of aromatic amines is 1. The van der Waals surface area contributed by atoms with E-state index < -0.39 is 5.79 Å². The Bertz CT molecular complexity index is 1190. The molecule has 3 N–H and O–H groups in total. The van der Waals surface area contributed by atoms with E-state index in [1.54, 1.807) is 10.6 Å². The largest absolute Gasteiger partial charge is 0.508 e. The lowest BCUT2D eigenvalue weighted by molar-refractivity contribution is -0.147. The average Bonchev–Trinajstić information content (AvgIpc) is 3.39. The second-order valence-corrected chi connectivity index (χ2v) is 8.57. The Morgan fingerprint density at radius 2 is 1.80 bits per heavy atom. The van der Waals surface area contributed by atoms with Gasteiger partial charge in [-0.1, -0.05) is 19.9 Å². The van der Waals surface area contributed by atoms with E-state index in [0.717, 1.165) is 23.2 Å². The van der Waals surface area contributed by atoms with Crippen LogP contribution in [-0.4, -0.2) is 44.0 Å². The minimum Gasteiger partial charge on any atom is -0.508 e. The van der Waals surface area contributed by atoms with Crippen molar-refractivity contribution in [2.45, 2.75) is 38.4 Å². The van der Waals surface area contributed by atoms with Crippen molar-refractivity contribution in [1.82, 2.24) is 14.8 Å². The van der Waals surface area contributed by atoms with Crippen LogP contribution in [0.4, 0.5) is 0 Å². The van der Waals surface area contributed by atoms with Gasteiger partial charge in [-0.25, -0.2) is 0 Å². The zero-order valence-corrected chi connectivity index (χ0v) is 17.6. The second kappa shape index (κ2) is 6.94. The van der Waals surface area contributed by atoms with Crippen LogP contribution in [0.2, 0.25) is 0 Å². The van der Waals surface area contributed by atoms with Gasteiger partial charge in [0.25, 0.3) is 0 Å². The fourth-order valence-electron chi connectivity index (χ4n) is 4.39. The fraction of sp³-hybridized carbons (Fsp3) is 0.364. The van der Waals surface area contributed by atoms with Gasteiger partial charge in [0, 0.05) is 18.9 Å². The molecule has 1 spiro atoms. The van der Waals surface area contributed by atoms with Gasteiger partial charge in [-0.15, -0.1) is 0 Å². The number of rotatable bonds is 3. The van der Waals surface area contributed by atoms with Crippen LogP contribution in [-0.2, 0) is 22.3 Å². The summed E-state index contributed by atoms with van der Waals surface area (Å²) in [6, 6.07) is 9.25. The molecule has 0 bridgehead atoms. The zero-order chi connectivity index (χ0) is 21.0. The van der Waals surface area contributed by atoms with Crippen molar-refractivity contribution in [1.29, 1.82) is 0 Å². The summed E-state index contributed by atoms with van der Waals surface area (Å²) < 4.78 is 14.0. The summed E-state index contributed by atoms with van der Waals surface area (Å²) in [4.78, 5) is 0. The molecular weight excluding hydrogens is 402 g/mol. The lowest BCUT2D eigenvalue weighted by atomic mass is 9.98. The normalized spacial score (nSPS) is 17.2. The van der Waals surface area contributed by atoms with Crippen LogP contribution in [0.15, 0.2) is 30.3 Å². The predicted molar refractivity (Wildman–Crippen MR) is 114 cm³/mol. The molecule has 2 aromatic carbocycles. The molecular formula is C22H23N3O4S. The van der Waals surface area contributed by atoms with E-state index in [0.29, 0.717) is 35.8 Å². The molecule has 0 atom stereocenters. The van der Waals surface area contributed by atoms with Crippen molar-refractivity contribution in [2.24, 2.45) is 0 Å². The van der Waals surface area contributed by atoms with Gasteiger partial charge >= 0.3 is 0 Å². The molecule has 7 nitrogen and oxygen atoms in total. The summed E-state index contributed by atoms with van der Waals surface area (Å²) in [7, 11) is 0. The quantitative estimate of drug-likeness (QED) is 0.550. The monoisotopic (exact) mass is 425 g/mol. The molecule has 0 amide bonds. The molecule has 1 fully saturated rings. The number of fused-ring (bicyclic) bond motifs is 1. The van der Waals surface area contributed by atoms with Crippen molar-refractivity contribution >= 4 is 12.2 Å². The van der Waals surface area contributed by atoms with Gasteiger partial charge in [0.05, 0.1) is 24.5 Å². The molecule has 156 valence electrons. The average molecular weight is 426 g/mol. The van der Waals surface area contributed by atoms with Crippen molar-refractivity contribution in [2.75, 3.05) is 13.2 Å². The van der Waals surface area contributed by atoms with Crippen LogP contribution in [0.3, 0.4) is 0 Å². The minimum absolute atomic E-state index is 0.0555. The summed E-state index contributed by atoms with van der Waals surface area (Å²) in [6.45, 7) is 5.21. The number of phenolic OH excluding ortho intramolecular Hbond substituents is 2. The Kier molecular flexibility index (Phi) is 4.46. The van der Waals surface area contributed by atoms with Crippen LogP contribution in [0.25, 0.3) is 17.1 Å². The van der Waals surface area contributed by atoms with Crippen molar-refractivity contribution < 1.29 is 19.7 Å². The van der Waals surface area contributed by atoms with E-state index in [9.17, 15) is 10.2 Å². The Morgan fingerprint density at radius 1 is 1.07 bits per heavy atom. The highest BCUT2D eigenvalue weighted by molar-refractivity contribution is 7.71. The third-order valence-electron chi connectivity index (χ3n) is 5.86. The number of nitrogens with zero attached hydrogens (tertiary/aromatic N) is 2. The van der Waals surface area contributed by atoms with E-state index >= 15 is 0 Å². The van der Waals surface area contributed by atoms with E-state index in [-0.39, 0.29) is 17.4 Å². The van der Waals surface area contributed by atoms with Gasteiger partial charge in [0.1, 0.15) is 11.5 Å². The zero-order valence-electron chi connectivity index (χ0n) is 16.8. The maximum Gasteiger partial charge on any atom is 0.200 e. The molecule has 8 heteroatoms. The van der Waals surface area contributed by atoms with E-state index in [1.165, 1.54) is 11.6 Å². The van der Waals surface area contributed by atoms with Gasteiger partial charge in [0.15, 0.2) is 16.4 Å². The van der Waals surface area contributed by atoms with E-state index in [4.69, 9.17) is 21.7 Å². The first-order valence-electron chi connectivity index (χ1n) is 10.0. The lowest BCUT2D eigenvalue weighted by Gasteiger charge is -2.20. The number of aromatic nitrogens is 3. The summed E-state index contributed by atoms with van der Waals surface area (Å²) in [5.41, 5.74) is 4.43. The van der Waals surface area contributed by atoms with Gasteiger partial charge in [0.2, 0.25) is 0 Å². The number of phenols is 2. The maximum atomic E-state index is 10.5. The van der Waals surface area contributed by atoms with Gasteiger partial charge in [-0.3, -0.25) is 9.67 Å². The first-order valence-corrected chi connectivity index (χ1v) is 10.4. The number of aromatic hydroxyl groups is 2. The highest BCUT2D eigenvalue weighted by atomic mass is 32.1. The first-order chi connectivity index (χ1) is 14.4. The van der Waals surface area contributed by atoms with Gasteiger partial charge < -0.3 is 19.7 Å². The molecule has 2 heterocycles. The maximum absolute atomic E-state index is 10.5. The summed E-state index contributed by atoms with van der Waals surface area (Å²) in [5.74, 6) is 0.0392. The summed E-state index contributed by atoms with van der Waals surface area (Å²) >= 11 is 5.50. The van der Waals surface area contributed by atoms with Crippen LogP contribution in [0.1, 0.15) is 36.5 Å². The lowest BCUT2D eigenvalue weighted by Crippen LogP contribution is -2.30. The molecule has 5 rings (SSSR count). The summed E-state index contributed by atoms with van der Waals surface area (Å²) in [6.07, 6.45) is 1.43. The SMILES string of the molecule is CC(C)c1cc(-c2n[nH]c(=S)n2-c2ccc3c(c2)CC2(C3)OCCO2)c(O)cc1O. The number of benzene rings is 2. The van der Waals surface area contributed by atoms with Crippen molar-refractivity contribution in [3.05, 3.63) is 51.8 Å². The molecule has 2 aliphatic rings. The molecule has 0 unspecified atom stereocenters. The van der Waals surface area contributed by atoms with Crippen molar-refractivity contribution in [3.8, 4) is 28.6 Å². The van der Waals surface area contributed by atoms with Gasteiger partial charge in [-0.2, -0.15) is 5.10 Å².